The van der Waals surface area contributed by atoms with Crippen molar-refractivity contribution in [2.75, 3.05) is 0 Å². The van der Waals surface area contributed by atoms with Gasteiger partial charge in [-0.25, -0.2) is 4.98 Å². The maximum Gasteiger partial charge on any atom is 0.172 e. The van der Waals surface area contributed by atoms with Crippen LogP contribution in [-0.2, 0) is 7.05 Å². The van der Waals surface area contributed by atoms with E-state index >= 15 is 0 Å². The zero-order valence-corrected chi connectivity index (χ0v) is 12.0. The Morgan fingerprint density at radius 1 is 1.47 bits per heavy atom. The lowest BCUT2D eigenvalue weighted by atomic mass is 10.1. The topological polar surface area (TPSA) is 38.1 Å². The van der Waals surface area contributed by atoms with E-state index in [4.69, 9.17) is 0 Å². The molecule has 2 rings (SSSR count). The van der Waals surface area contributed by atoms with E-state index in [1.54, 1.807) is 24.9 Å². The van der Waals surface area contributed by atoms with Crippen LogP contribution in [0, 0.1) is 0 Å². The van der Waals surface area contributed by atoms with Crippen molar-refractivity contribution in [3.8, 4) is 0 Å². The Morgan fingerprint density at radius 2 is 2.24 bits per heavy atom. The fourth-order valence-electron chi connectivity index (χ4n) is 1.47. The summed E-state index contributed by atoms with van der Waals surface area (Å²) in [7, 11) is 1.97. The third-order valence-corrected chi connectivity index (χ3v) is 4.16. The van der Waals surface area contributed by atoms with Crippen LogP contribution in [0.5, 0.6) is 0 Å². The minimum absolute atomic E-state index is 0.461. The summed E-state index contributed by atoms with van der Waals surface area (Å²) in [4.78, 5) is 5.35. The quantitative estimate of drug-likeness (QED) is 0.944. The number of aliphatic hydroxyl groups is 1. The number of hydrogen-bond acceptors (Lipinski definition) is 3. The molecule has 1 N–H and O–H groups in total. The highest BCUT2D eigenvalue weighted by Gasteiger charge is 2.08. The van der Waals surface area contributed by atoms with Crippen molar-refractivity contribution < 1.29 is 5.11 Å². The fourth-order valence-corrected chi connectivity index (χ4v) is 3.17. The smallest absolute Gasteiger partial charge is 0.172 e. The molecule has 1 aromatic carbocycles. The molecule has 0 aliphatic rings. The second-order valence-electron chi connectivity index (χ2n) is 3.78. The lowest BCUT2D eigenvalue weighted by molar-refractivity contribution is 0.198. The van der Waals surface area contributed by atoms with Crippen molar-refractivity contribution in [2.24, 2.45) is 7.05 Å². The standard InChI is InChI=1S/C12H13BrN2OS/c1-8(16)10-4-3-9(7-11(10)13)17-12-14-5-6-15(12)2/h3-8,16H,1-2H3. The highest BCUT2D eigenvalue weighted by molar-refractivity contribution is 9.10. The zero-order chi connectivity index (χ0) is 12.4. The Kier molecular flexibility index (Phi) is 3.91. The maximum atomic E-state index is 9.54. The van der Waals surface area contributed by atoms with Crippen LogP contribution in [0.1, 0.15) is 18.6 Å². The van der Waals surface area contributed by atoms with E-state index in [2.05, 4.69) is 20.9 Å². The molecule has 0 fully saturated rings. The third-order valence-electron chi connectivity index (χ3n) is 2.41. The molecule has 0 radical (unpaired) electrons. The van der Waals surface area contributed by atoms with Crippen LogP contribution in [0.15, 0.2) is 45.1 Å². The summed E-state index contributed by atoms with van der Waals surface area (Å²) in [6.45, 7) is 1.76. The number of hydrogen-bond donors (Lipinski definition) is 1. The Balaban J connectivity index is 2.24. The van der Waals surface area contributed by atoms with Gasteiger partial charge in [0.15, 0.2) is 5.16 Å². The van der Waals surface area contributed by atoms with E-state index in [0.29, 0.717) is 0 Å². The van der Waals surface area contributed by atoms with Crippen LogP contribution >= 0.6 is 27.7 Å². The molecule has 1 aromatic heterocycles. The van der Waals surface area contributed by atoms with Gasteiger partial charge in [0, 0.05) is 28.8 Å². The zero-order valence-electron chi connectivity index (χ0n) is 9.59. The lowest BCUT2D eigenvalue weighted by Crippen LogP contribution is -1.93. The number of nitrogens with zero attached hydrogens (tertiary/aromatic N) is 2. The van der Waals surface area contributed by atoms with Gasteiger partial charge in [0.2, 0.25) is 0 Å². The Hall–Kier alpha value is -0.780. The van der Waals surface area contributed by atoms with Crippen molar-refractivity contribution in [3.63, 3.8) is 0 Å². The minimum atomic E-state index is -0.461. The van der Waals surface area contributed by atoms with Crippen LogP contribution in [0.2, 0.25) is 0 Å². The molecule has 0 aliphatic heterocycles. The van der Waals surface area contributed by atoms with E-state index in [1.807, 2.05) is 36.0 Å². The number of rotatable bonds is 3. The monoisotopic (exact) mass is 312 g/mol. The number of imidazole rings is 1. The van der Waals surface area contributed by atoms with Gasteiger partial charge in [-0.3, -0.25) is 0 Å². The summed E-state index contributed by atoms with van der Waals surface area (Å²) in [5.74, 6) is 0. The van der Waals surface area contributed by atoms with E-state index in [-0.39, 0.29) is 0 Å². The van der Waals surface area contributed by atoms with E-state index in [0.717, 1.165) is 20.1 Å². The van der Waals surface area contributed by atoms with E-state index < -0.39 is 6.10 Å². The van der Waals surface area contributed by atoms with Crippen LogP contribution in [0.4, 0.5) is 0 Å². The van der Waals surface area contributed by atoms with Gasteiger partial charge in [-0.2, -0.15) is 0 Å². The van der Waals surface area contributed by atoms with Gasteiger partial charge >= 0.3 is 0 Å². The van der Waals surface area contributed by atoms with E-state index in [1.165, 1.54) is 0 Å². The largest absolute Gasteiger partial charge is 0.389 e. The van der Waals surface area contributed by atoms with Crippen molar-refractivity contribution in [1.82, 2.24) is 9.55 Å². The molecule has 1 heterocycles. The highest BCUT2D eigenvalue weighted by atomic mass is 79.9. The van der Waals surface area contributed by atoms with Gasteiger partial charge in [0.05, 0.1) is 6.10 Å². The molecule has 90 valence electrons. The summed E-state index contributed by atoms with van der Waals surface area (Å²) >= 11 is 5.07. The lowest BCUT2D eigenvalue weighted by Gasteiger charge is -2.09. The summed E-state index contributed by atoms with van der Waals surface area (Å²) in [5.41, 5.74) is 0.897. The van der Waals surface area contributed by atoms with Crippen LogP contribution < -0.4 is 0 Å². The van der Waals surface area contributed by atoms with Gasteiger partial charge in [0.25, 0.3) is 0 Å². The van der Waals surface area contributed by atoms with E-state index in [9.17, 15) is 5.11 Å². The average Bonchev–Trinajstić information content (AvgIpc) is 2.64. The predicted octanol–water partition coefficient (Wildman–Crippen LogP) is 3.39. The average molecular weight is 313 g/mol. The summed E-state index contributed by atoms with van der Waals surface area (Å²) in [6, 6.07) is 5.92. The number of aromatic nitrogens is 2. The normalized spacial score (nSPS) is 12.7. The molecule has 0 saturated heterocycles. The van der Waals surface area contributed by atoms with Gasteiger partial charge in [0.1, 0.15) is 0 Å². The highest BCUT2D eigenvalue weighted by Crippen LogP contribution is 2.31. The number of benzene rings is 1. The van der Waals surface area contributed by atoms with Crippen molar-refractivity contribution >= 4 is 27.7 Å². The second kappa shape index (κ2) is 5.25. The first-order chi connectivity index (χ1) is 8.08. The summed E-state index contributed by atoms with van der Waals surface area (Å²) < 4.78 is 2.90. The molecule has 3 nitrogen and oxygen atoms in total. The third kappa shape index (κ3) is 2.91. The second-order valence-corrected chi connectivity index (χ2v) is 5.68. The first-order valence-electron chi connectivity index (χ1n) is 5.20. The molecule has 17 heavy (non-hydrogen) atoms. The molecule has 0 aliphatic carbocycles. The number of aryl methyl sites for hydroxylation is 1. The van der Waals surface area contributed by atoms with Crippen molar-refractivity contribution in [2.45, 2.75) is 23.1 Å². The van der Waals surface area contributed by atoms with Crippen LogP contribution in [-0.4, -0.2) is 14.7 Å². The number of halogens is 1. The van der Waals surface area contributed by atoms with Gasteiger partial charge < -0.3 is 9.67 Å². The molecular weight excluding hydrogens is 300 g/mol. The molecule has 0 spiro atoms. The summed E-state index contributed by atoms with van der Waals surface area (Å²) in [6.07, 6.45) is 3.24. The Bertz CT molecular complexity index is 525. The minimum Gasteiger partial charge on any atom is -0.389 e. The molecule has 1 unspecified atom stereocenters. The van der Waals surface area contributed by atoms with Crippen LogP contribution in [0.3, 0.4) is 0 Å². The van der Waals surface area contributed by atoms with Gasteiger partial charge in [-0.05, 0) is 24.6 Å². The Morgan fingerprint density at radius 3 is 2.76 bits per heavy atom. The first kappa shape index (κ1) is 12.7. The molecule has 5 heteroatoms. The SMILES string of the molecule is CC(O)c1ccc(Sc2nccn2C)cc1Br. The molecule has 0 saturated carbocycles. The van der Waals surface area contributed by atoms with Gasteiger partial charge in [-0.1, -0.05) is 33.8 Å². The molecule has 0 bridgehead atoms. The van der Waals surface area contributed by atoms with Gasteiger partial charge in [-0.15, -0.1) is 0 Å². The van der Waals surface area contributed by atoms with Crippen molar-refractivity contribution in [3.05, 3.63) is 40.6 Å². The molecule has 0 amide bonds. The van der Waals surface area contributed by atoms with Crippen molar-refractivity contribution in [1.29, 1.82) is 0 Å². The maximum absolute atomic E-state index is 9.54. The predicted molar refractivity (Wildman–Crippen MR) is 72.1 cm³/mol. The summed E-state index contributed by atoms with van der Waals surface area (Å²) in [5, 5.41) is 10.5. The first-order valence-corrected chi connectivity index (χ1v) is 6.81. The molecule has 2 aromatic rings. The fraction of sp³-hybridized carbons (Fsp3) is 0.250. The molecular formula is C12H13BrN2OS. The molecule has 1 atom stereocenters. The Labute approximate surface area is 113 Å². The van der Waals surface area contributed by atoms with Crippen LogP contribution in [0.25, 0.3) is 0 Å². The number of aliphatic hydroxyl groups excluding tert-OH is 1.